The maximum absolute atomic E-state index is 12.9. The number of amides is 1. The predicted molar refractivity (Wildman–Crippen MR) is 142 cm³/mol. The third-order valence-electron chi connectivity index (χ3n) is 5.71. The SMILES string of the molecule is COc1ncc2cc1NSc1cccc(c1)C(=O)NCc1cncc(c1)-c1nc(C)nc3cc-2sc13. The molecule has 0 atom stereocenters. The first-order chi connectivity index (χ1) is 17.6. The number of ether oxygens (including phenoxy) is 1. The molecule has 36 heavy (non-hydrogen) atoms. The van der Waals surface area contributed by atoms with Crippen molar-refractivity contribution >= 4 is 45.1 Å². The molecule has 4 aromatic heterocycles. The number of aromatic nitrogens is 4. The van der Waals surface area contributed by atoms with Gasteiger partial charge in [0.1, 0.15) is 11.5 Å². The van der Waals surface area contributed by atoms with E-state index >= 15 is 0 Å². The van der Waals surface area contributed by atoms with Crippen LogP contribution in [-0.4, -0.2) is 33.0 Å². The largest absolute Gasteiger partial charge is 0.480 e. The molecule has 0 unspecified atom stereocenters. The van der Waals surface area contributed by atoms with Gasteiger partial charge in [-0.2, -0.15) is 0 Å². The number of fused-ring (bicyclic) bond motifs is 9. The van der Waals surface area contributed by atoms with E-state index in [1.165, 1.54) is 11.9 Å². The van der Waals surface area contributed by atoms with Crippen molar-refractivity contribution in [3.05, 3.63) is 78.0 Å². The van der Waals surface area contributed by atoms with E-state index in [4.69, 9.17) is 9.72 Å². The van der Waals surface area contributed by atoms with Gasteiger partial charge < -0.3 is 14.8 Å². The fourth-order valence-electron chi connectivity index (χ4n) is 4.02. The Kier molecular flexibility index (Phi) is 5.74. The van der Waals surface area contributed by atoms with Gasteiger partial charge in [-0.3, -0.25) is 9.78 Å². The Morgan fingerprint density at radius 2 is 1.92 bits per heavy atom. The number of nitrogens with one attached hydrogen (secondary N) is 2. The lowest BCUT2D eigenvalue weighted by atomic mass is 10.1. The van der Waals surface area contributed by atoms with Crippen molar-refractivity contribution in [2.75, 3.05) is 11.8 Å². The summed E-state index contributed by atoms with van der Waals surface area (Å²) >= 11 is 3.00. The molecule has 6 rings (SSSR count). The second-order valence-corrected chi connectivity index (χ2v) is 10.2. The van der Waals surface area contributed by atoms with E-state index < -0.39 is 0 Å². The molecule has 8 bridgehead atoms. The monoisotopic (exact) mass is 512 g/mol. The number of thiophene rings is 1. The van der Waals surface area contributed by atoms with Crippen molar-refractivity contribution in [2.24, 2.45) is 0 Å². The summed E-state index contributed by atoms with van der Waals surface area (Å²) in [6.07, 6.45) is 5.35. The number of methoxy groups -OCH3 is 1. The van der Waals surface area contributed by atoms with Gasteiger partial charge in [-0.05, 0) is 60.8 Å². The van der Waals surface area contributed by atoms with Crippen molar-refractivity contribution in [1.29, 1.82) is 0 Å². The minimum atomic E-state index is -0.159. The van der Waals surface area contributed by atoms with Crippen LogP contribution in [0.3, 0.4) is 0 Å². The van der Waals surface area contributed by atoms with Gasteiger partial charge in [-0.15, -0.1) is 11.3 Å². The van der Waals surface area contributed by atoms with Crippen LogP contribution in [0.15, 0.2) is 66.0 Å². The Balaban J connectivity index is 1.54. The first-order valence-electron chi connectivity index (χ1n) is 11.2. The number of pyridine rings is 2. The quantitative estimate of drug-likeness (QED) is 0.284. The Morgan fingerprint density at radius 3 is 2.81 bits per heavy atom. The highest BCUT2D eigenvalue weighted by Crippen LogP contribution is 2.40. The van der Waals surface area contributed by atoms with E-state index in [2.05, 4.69) is 31.1 Å². The molecule has 5 heterocycles. The summed E-state index contributed by atoms with van der Waals surface area (Å²) in [5.74, 6) is 1.00. The number of anilines is 1. The minimum Gasteiger partial charge on any atom is -0.480 e. The van der Waals surface area contributed by atoms with Crippen molar-refractivity contribution < 1.29 is 9.53 Å². The zero-order valence-electron chi connectivity index (χ0n) is 19.4. The van der Waals surface area contributed by atoms with Crippen molar-refractivity contribution in [3.8, 4) is 27.6 Å². The van der Waals surface area contributed by atoms with Gasteiger partial charge in [0, 0.05) is 51.6 Å². The average Bonchev–Trinajstić information content (AvgIpc) is 3.33. The van der Waals surface area contributed by atoms with Crippen LogP contribution >= 0.6 is 23.3 Å². The third kappa shape index (κ3) is 4.25. The van der Waals surface area contributed by atoms with Crippen molar-refractivity contribution in [3.63, 3.8) is 0 Å². The minimum absolute atomic E-state index is 0.159. The van der Waals surface area contributed by atoms with E-state index in [1.54, 1.807) is 43.1 Å². The van der Waals surface area contributed by atoms with Crippen LogP contribution in [0, 0.1) is 6.92 Å². The second kappa shape index (κ2) is 9.21. The lowest BCUT2D eigenvalue weighted by Crippen LogP contribution is -2.22. The van der Waals surface area contributed by atoms with Crippen LogP contribution in [0.1, 0.15) is 21.7 Å². The van der Waals surface area contributed by atoms with Crippen LogP contribution in [-0.2, 0) is 6.54 Å². The van der Waals surface area contributed by atoms with E-state index in [9.17, 15) is 4.79 Å². The molecule has 1 aliphatic heterocycles. The van der Waals surface area contributed by atoms with Crippen LogP contribution in [0.4, 0.5) is 5.69 Å². The molecule has 1 amide bonds. The predicted octanol–water partition coefficient (Wildman–Crippen LogP) is 5.49. The molecule has 0 fully saturated rings. The topological polar surface area (TPSA) is 102 Å². The van der Waals surface area contributed by atoms with E-state index in [1.807, 2.05) is 37.3 Å². The second-order valence-electron chi connectivity index (χ2n) is 8.22. The highest BCUT2D eigenvalue weighted by molar-refractivity contribution is 8.00. The fourth-order valence-corrected chi connectivity index (χ4v) is 5.82. The zero-order chi connectivity index (χ0) is 24.6. The highest BCUT2D eigenvalue weighted by Gasteiger charge is 2.17. The molecular formula is C26H20N6O2S2. The van der Waals surface area contributed by atoms with Crippen molar-refractivity contribution in [2.45, 2.75) is 18.4 Å². The van der Waals surface area contributed by atoms with Crippen LogP contribution in [0.25, 0.3) is 31.9 Å². The highest BCUT2D eigenvalue weighted by atomic mass is 32.2. The summed E-state index contributed by atoms with van der Waals surface area (Å²) in [6.45, 7) is 2.24. The van der Waals surface area contributed by atoms with Crippen LogP contribution < -0.4 is 14.8 Å². The number of rotatable bonds is 1. The van der Waals surface area contributed by atoms with Gasteiger partial charge >= 0.3 is 0 Å². The smallest absolute Gasteiger partial charge is 0.251 e. The molecule has 178 valence electrons. The summed E-state index contributed by atoms with van der Waals surface area (Å²) in [6, 6.07) is 13.5. The maximum Gasteiger partial charge on any atom is 0.251 e. The molecule has 0 saturated heterocycles. The molecule has 1 aromatic carbocycles. The van der Waals surface area contributed by atoms with Gasteiger partial charge in [-0.25, -0.2) is 15.0 Å². The molecule has 1 aliphatic rings. The number of benzene rings is 1. The molecule has 2 N–H and O–H groups in total. The number of aryl methyl sites for hydroxylation is 1. The molecule has 0 saturated carbocycles. The summed E-state index contributed by atoms with van der Waals surface area (Å²) in [4.78, 5) is 33.2. The first-order valence-corrected chi connectivity index (χ1v) is 12.8. The summed E-state index contributed by atoms with van der Waals surface area (Å²) < 4.78 is 9.79. The Labute approximate surface area is 215 Å². The lowest BCUT2D eigenvalue weighted by Gasteiger charge is -2.12. The van der Waals surface area contributed by atoms with Gasteiger partial charge in [0.2, 0.25) is 5.88 Å². The van der Waals surface area contributed by atoms with E-state index in [0.29, 0.717) is 23.8 Å². The third-order valence-corrected chi connectivity index (χ3v) is 7.70. The van der Waals surface area contributed by atoms with E-state index in [-0.39, 0.29) is 5.91 Å². The molecule has 0 spiro atoms. The fraction of sp³-hybridized carbons (Fsp3) is 0.115. The number of carbonyl (C=O) groups excluding carboxylic acids is 1. The van der Waals surface area contributed by atoms with Crippen LogP contribution in [0.5, 0.6) is 5.88 Å². The standard InChI is InChI=1S/C26H20N6O2S2/c1-14-30-20-9-22-17-8-21(26(34-2)29-13-17)32-36-19-5-3-4-16(7-19)25(33)28-11-15-6-18(12-27-10-15)23(31-14)24(20)35-22/h3-10,12-13,32H,11H2,1-2H3,(H,28,33). The average molecular weight is 513 g/mol. The number of hydrogen-bond acceptors (Lipinski definition) is 9. The molecular weight excluding hydrogens is 492 g/mol. The Bertz CT molecular complexity index is 1630. The van der Waals surface area contributed by atoms with Gasteiger partial charge in [0.25, 0.3) is 5.91 Å². The van der Waals surface area contributed by atoms with Crippen LogP contribution in [0.2, 0.25) is 0 Å². The molecule has 10 heteroatoms. The molecule has 0 aliphatic carbocycles. The van der Waals surface area contributed by atoms with Crippen molar-refractivity contribution in [1.82, 2.24) is 25.3 Å². The normalized spacial score (nSPS) is 13.0. The number of nitrogens with zero attached hydrogens (tertiary/aromatic N) is 4. The zero-order valence-corrected chi connectivity index (χ0v) is 21.0. The summed E-state index contributed by atoms with van der Waals surface area (Å²) in [5.41, 5.74) is 5.69. The summed E-state index contributed by atoms with van der Waals surface area (Å²) in [7, 11) is 1.59. The Morgan fingerprint density at radius 1 is 1.00 bits per heavy atom. The first kappa shape index (κ1) is 22.4. The summed E-state index contributed by atoms with van der Waals surface area (Å²) in [5, 5.41) is 3.00. The van der Waals surface area contributed by atoms with Gasteiger partial charge in [0.15, 0.2) is 0 Å². The number of hydrogen-bond donors (Lipinski definition) is 2. The molecule has 8 nitrogen and oxygen atoms in total. The lowest BCUT2D eigenvalue weighted by molar-refractivity contribution is 0.0950. The maximum atomic E-state index is 12.9. The Hall–Kier alpha value is -4.02. The number of carbonyl (C=O) groups is 1. The molecule has 0 radical (unpaired) electrons. The molecule has 5 aromatic rings. The van der Waals surface area contributed by atoms with Gasteiger partial charge in [0.05, 0.1) is 23.0 Å². The van der Waals surface area contributed by atoms with Gasteiger partial charge in [-0.1, -0.05) is 6.07 Å². The van der Waals surface area contributed by atoms with E-state index in [0.717, 1.165) is 48.1 Å².